The molecule has 0 fully saturated rings. The van der Waals surface area contributed by atoms with E-state index in [4.69, 9.17) is 11.5 Å². The van der Waals surface area contributed by atoms with Crippen molar-refractivity contribution in [3.63, 3.8) is 0 Å². The molecule has 0 heterocycles. The number of nitrogen functional groups attached to an aromatic ring is 2. The van der Waals surface area contributed by atoms with Gasteiger partial charge in [0.25, 0.3) is 0 Å². The minimum Gasteiger partial charge on any atom is -0.397 e. The van der Waals surface area contributed by atoms with Crippen molar-refractivity contribution in [3.8, 4) is 0 Å². The summed E-state index contributed by atoms with van der Waals surface area (Å²) < 4.78 is 25.7. The van der Waals surface area contributed by atoms with Crippen LogP contribution in [0.4, 0.5) is 11.4 Å². The zero-order valence-electron chi connectivity index (χ0n) is 12.7. The Morgan fingerprint density at radius 3 is 1.38 bits per heavy atom. The number of anilines is 2. The average molecular weight is 304 g/mol. The van der Waals surface area contributed by atoms with Crippen molar-refractivity contribution in [1.29, 1.82) is 0 Å². The maximum atomic E-state index is 12.8. The van der Waals surface area contributed by atoms with Gasteiger partial charge in [0.15, 0.2) is 0 Å². The zero-order valence-corrected chi connectivity index (χ0v) is 13.5. The summed E-state index contributed by atoms with van der Waals surface area (Å²) in [4.78, 5) is 0.223. The van der Waals surface area contributed by atoms with Crippen LogP contribution in [0.15, 0.2) is 34.1 Å². The molecule has 4 nitrogen and oxygen atoms in total. The van der Waals surface area contributed by atoms with Crippen LogP contribution >= 0.6 is 0 Å². The highest BCUT2D eigenvalue weighted by atomic mass is 32.2. The molecule has 0 saturated carbocycles. The van der Waals surface area contributed by atoms with E-state index in [0.717, 1.165) is 22.3 Å². The summed E-state index contributed by atoms with van der Waals surface area (Å²) in [5, 5.41) is 0. The molecule has 0 aliphatic rings. The topological polar surface area (TPSA) is 86.2 Å². The van der Waals surface area contributed by atoms with Crippen molar-refractivity contribution in [2.45, 2.75) is 37.5 Å². The lowest BCUT2D eigenvalue weighted by Gasteiger charge is -2.15. The fourth-order valence-corrected chi connectivity index (χ4v) is 3.83. The van der Waals surface area contributed by atoms with Crippen molar-refractivity contribution in [2.75, 3.05) is 11.5 Å². The Balaban J connectivity index is 2.75. The van der Waals surface area contributed by atoms with E-state index in [9.17, 15) is 8.42 Å². The first-order valence-corrected chi connectivity index (χ1v) is 8.12. The first kappa shape index (κ1) is 15.4. The number of nitrogens with two attached hydrogens (primary N) is 2. The third-order valence-corrected chi connectivity index (χ3v) is 5.94. The van der Waals surface area contributed by atoms with E-state index in [0.29, 0.717) is 0 Å². The van der Waals surface area contributed by atoms with Gasteiger partial charge in [0.1, 0.15) is 0 Å². The standard InChI is InChI=1S/C16H20N2O2S/c1-9-5-7-13(15(17)11(9)3)21(19,20)14-8-6-10(2)12(4)16(14)18/h5-8H,17-18H2,1-4H3. The van der Waals surface area contributed by atoms with Crippen molar-refractivity contribution >= 4 is 21.2 Å². The van der Waals surface area contributed by atoms with Gasteiger partial charge in [-0.25, -0.2) is 8.42 Å². The van der Waals surface area contributed by atoms with Gasteiger partial charge >= 0.3 is 0 Å². The molecule has 0 aliphatic heterocycles. The Kier molecular flexibility index (Phi) is 3.72. The SMILES string of the molecule is Cc1ccc(S(=O)(=O)c2ccc(C)c(C)c2N)c(N)c1C. The second kappa shape index (κ2) is 5.07. The lowest BCUT2D eigenvalue weighted by molar-refractivity contribution is 0.596. The molecule has 0 aromatic heterocycles. The maximum absolute atomic E-state index is 12.8. The molecule has 0 bridgehead atoms. The van der Waals surface area contributed by atoms with E-state index < -0.39 is 9.84 Å². The highest BCUT2D eigenvalue weighted by Gasteiger charge is 2.25. The van der Waals surface area contributed by atoms with Crippen LogP contribution in [0.5, 0.6) is 0 Å². The minimum absolute atomic E-state index is 0.112. The summed E-state index contributed by atoms with van der Waals surface area (Å²) in [5.41, 5.74) is 16.0. The largest absolute Gasteiger partial charge is 0.397 e. The van der Waals surface area contributed by atoms with E-state index in [1.54, 1.807) is 24.3 Å². The van der Waals surface area contributed by atoms with Gasteiger partial charge in [0, 0.05) is 0 Å². The third kappa shape index (κ3) is 2.38. The van der Waals surface area contributed by atoms with Gasteiger partial charge in [-0.2, -0.15) is 0 Å². The fraction of sp³-hybridized carbons (Fsp3) is 0.250. The molecule has 0 aliphatic carbocycles. The highest BCUT2D eigenvalue weighted by molar-refractivity contribution is 7.91. The number of sulfone groups is 1. The molecule has 21 heavy (non-hydrogen) atoms. The zero-order chi connectivity index (χ0) is 15.9. The van der Waals surface area contributed by atoms with Crippen molar-refractivity contribution in [1.82, 2.24) is 0 Å². The monoisotopic (exact) mass is 304 g/mol. The van der Waals surface area contributed by atoms with E-state index in [1.807, 2.05) is 27.7 Å². The van der Waals surface area contributed by atoms with Crippen LogP contribution in [0.3, 0.4) is 0 Å². The second-order valence-corrected chi connectivity index (χ2v) is 7.23. The average Bonchev–Trinajstić information content (AvgIpc) is 2.41. The first-order valence-electron chi connectivity index (χ1n) is 6.64. The Morgan fingerprint density at radius 1 is 0.714 bits per heavy atom. The summed E-state index contributed by atoms with van der Waals surface area (Å²) >= 11 is 0. The Labute approximate surface area is 125 Å². The molecule has 0 amide bonds. The summed E-state index contributed by atoms with van der Waals surface area (Å²) in [6.07, 6.45) is 0. The van der Waals surface area contributed by atoms with Crippen LogP contribution in [0.25, 0.3) is 0 Å². The van der Waals surface area contributed by atoms with Gasteiger partial charge in [0.05, 0.1) is 21.2 Å². The molecule has 0 atom stereocenters. The quantitative estimate of drug-likeness (QED) is 0.835. The number of hydrogen-bond acceptors (Lipinski definition) is 4. The van der Waals surface area contributed by atoms with E-state index in [2.05, 4.69) is 0 Å². The summed E-state index contributed by atoms with van der Waals surface area (Å²) in [7, 11) is -3.73. The van der Waals surface area contributed by atoms with Crippen LogP contribution in [-0.2, 0) is 9.84 Å². The molecule has 112 valence electrons. The molecule has 5 heteroatoms. The molecule has 2 aromatic carbocycles. The van der Waals surface area contributed by atoms with Gasteiger partial charge in [-0.1, -0.05) is 12.1 Å². The first-order chi connectivity index (χ1) is 9.67. The maximum Gasteiger partial charge on any atom is 0.210 e. The lowest BCUT2D eigenvalue weighted by Crippen LogP contribution is -2.11. The van der Waals surface area contributed by atoms with Gasteiger partial charge in [0.2, 0.25) is 9.84 Å². The van der Waals surface area contributed by atoms with Crippen molar-refractivity contribution in [3.05, 3.63) is 46.5 Å². The third-order valence-electron chi connectivity index (χ3n) is 4.07. The van der Waals surface area contributed by atoms with E-state index in [-0.39, 0.29) is 21.2 Å². The molecule has 0 saturated heterocycles. The summed E-state index contributed by atoms with van der Waals surface area (Å²) in [6.45, 7) is 7.42. The van der Waals surface area contributed by atoms with E-state index in [1.165, 1.54) is 0 Å². The number of hydrogen-bond donors (Lipinski definition) is 2. The molecule has 0 unspecified atom stereocenters. The van der Waals surface area contributed by atoms with Gasteiger partial charge in [-0.05, 0) is 62.1 Å². The molecule has 0 spiro atoms. The fourth-order valence-electron chi connectivity index (χ4n) is 2.21. The Hall–Kier alpha value is -2.01. The predicted octanol–water partition coefficient (Wildman–Crippen LogP) is 2.92. The molecule has 4 N–H and O–H groups in total. The summed E-state index contributed by atoms with van der Waals surface area (Å²) in [6, 6.07) is 6.61. The highest BCUT2D eigenvalue weighted by Crippen LogP contribution is 2.34. The summed E-state index contributed by atoms with van der Waals surface area (Å²) in [5.74, 6) is 0. The van der Waals surface area contributed by atoms with Crippen LogP contribution in [-0.4, -0.2) is 8.42 Å². The number of aryl methyl sites for hydroxylation is 2. The smallest absolute Gasteiger partial charge is 0.210 e. The lowest BCUT2D eigenvalue weighted by atomic mass is 10.1. The van der Waals surface area contributed by atoms with Gasteiger partial charge < -0.3 is 11.5 Å². The molecule has 0 radical (unpaired) electrons. The second-order valence-electron chi connectivity index (χ2n) is 5.34. The van der Waals surface area contributed by atoms with Gasteiger partial charge in [-0.15, -0.1) is 0 Å². The van der Waals surface area contributed by atoms with Crippen LogP contribution in [0.2, 0.25) is 0 Å². The molecule has 2 aromatic rings. The van der Waals surface area contributed by atoms with Crippen LogP contribution in [0.1, 0.15) is 22.3 Å². The van der Waals surface area contributed by atoms with Crippen LogP contribution < -0.4 is 11.5 Å². The Bertz CT molecular complexity index is 761. The predicted molar refractivity (Wildman–Crippen MR) is 86.1 cm³/mol. The minimum atomic E-state index is -3.73. The number of rotatable bonds is 2. The number of benzene rings is 2. The van der Waals surface area contributed by atoms with Gasteiger partial charge in [-0.3, -0.25) is 0 Å². The Morgan fingerprint density at radius 2 is 1.05 bits per heavy atom. The normalized spacial score (nSPS) is 11.6. The molecular formula is C16H20N2O2S. The van der Waals surface area contributed by atoms with E-state index >= 15 is 0 Å². The van der Waals surface area contributed by atoms with Crippen molar-refractivity contribution in [2.24, 2.45) is 0 Å². The van der Waals surface area contributed by atoms with Crippen LogP contribution in [0, 0.1) is 27.7 Å². The molecular weight excluding hydrogens is 284 g/mol. The molecule has 2 rings (SSSR count). The van der Waals surface area contributed by atoms with Crippen molar-refractivity contribution < 1.29 is 8.42 Å².